The SMILES string of the molecule is COCCNC(=O)CCCN(c1ccc(OC)c(Cl)c1)S(C)(=O)=O. The number of hydrogen-bond acceptors (Lipinski definition) is 5. The second-order valence-electron chi connectivity index (χ2n) is 5.10. The number of hydrogen-bond donors (Lipinski definition) is 1. The van der Waals surface area contributed by atoms with Crippen molar-refractivity contribution in [1.29, 1.82) is 0 Å². The molecule has 24 heavy (non-hydrogen) atoms. The van der Waals surface area contributed by atoms with Crippen LogP contribution in [0.2, 0.25) is 5.02 Å². The van der Waals surface area contributed by atoms with Gasteiger partial charge in [-0.3, -0.25) is 9.10 Å². The predicted octanol–water partition coefficient (Wildman–Crippen LogP) is 1.66. The molecule has 0 aliphatic rings. The molecule has 0 saturated carbocycles. The normalized spacial score (nSPS) is 11.2. The van der Waals surface area contributed by atoms with Gasteiger partial charge in [0.05, 0.1) is 30.7 Å². The van der Waals surface area contributed by atoms with Gasteiger partial charge >= 0.3 is 0 Å². The molecule has 0 fully saturated rings. The van der Waals surface area contributed by atoms with Crippen LogP contribution in [0.4, 0.5) is 5.69 Å². The summed E-state index contributed by atoms with van der Waals surface area (Å²) in [5.74, 6) is 0.319. The van der Waals surface area contributed by atoms with Crippen LogP contribution < -0.4 is 14.4 Å². The van der Waals surface area contributed by atoms with Crippen LogP contribution in [0.3, 0.4) is 0 Å². The third-order valence-corrected chi connectivity index (χ3v) is 4.71. The molecule has 1 aromatic carbocycles. The maximum atomic E-state index is 12.0. The van der Waals surface area contributed by atoms with Gasteiger partial charge in [0.2, 0.25) is 15.9 Å². The summed E-state index contributed by atoms with van der Waals surface area (Å²) in [6.07, 6.45) is 1.72. The summed E-state index contributed by atoms with van der Waals surface area (Å²) in [5, 5.41) is 3.01. The van der Waals surface area contributed by atoms with Crippen molar-refractivity contribution in [2.75, 3.05) is 44.5 Å². The lowest BCUT2D eigenvalue weighted by Gasteiger charge is -2.23. The average molecular weight is 379 g/mol. The minimum absolute atomic E-state index is 0.145. The highest BCUT2D eigenvalue weighted by Crippen LogP contribution is 2.30. The van der Waals surface area contributed by atoms with E-state index in [0.717, 1.165) is 6.26 Å². The van der Waals surface area contributed by atoms with Crippen molar-refractivity contribution in [3.8, 4) is 5.75 Å². The number of benzene rings is 1. The Labute approximate surface area is 147 Å². The molecule has 0 atom stereocenters. The number of rotatable bonds is 10. The first kappa shape index (κ1) is 20.5. The Morgan fingerprint density at radius 2 is 2.04 bits per heavy atom. The molecule has 1 aromatic rings. The first-order valence-corrected chi connectivity index (χ1v) is 9.59. The van der Waals surface area contributed by atoms with Gasteiger partial charge in [0.1, 0.15) is 5.75 Å². The summed E-state index contributed by atoms with van der Waals surface area (Å²) in [6.45, 7) is 1.05. The number of ether oxygens (including phenoxy) is 2. The first-order valence-electron chi connectivity index (χ1n) is 7.36. The maximum absolute atomic E-state index is 12.0. The molecule has 7 nitrogen and oxygen atoms in total. The molecule has 0 radical (unpaired) electrons. The summed E-state index contributed by atoms with van der Waals surface area (Å²) < 4.78 is 35.2. The Morgan fingerprint density at radius 3 is 2.58 bits per heavy atom. The van der Waals surface area contributed by atoms with Crippen LogP contribution in [0.5, 0.6) is 5.75 Å². The number of carbonyl (C=O) groups excluding carboxylic acids is 1. The van der Waals surface area contributed by atoms with Crippen LogP contribution in [0.15, 0.2) is 18.2 Å². The first-order chi connectivity index (χ1) is 11.3. The quantitative estimate of drug-likeness (QED) is 0.626. The van der Waals surface area contributed by atoms with Gasteiger partial charge in [0.25, 0.3) is 0 Å². The van der Waals surface area contributed by atoms with E-state index in [0.29, 0.717) is 36.0 Å². The van der Waals surface area contributed by atoms with E-state index in [9.17, 15) is 13.2 Å². The molecule has 0 heterocycles. The van der Waals surface area contributed by atoms with Crippen molar-refractivity contribution in [3.05, 3.63) is 23.2 Å². The summed E-state index contributed by atoms with van der Waals surface area (Å²) in [4.78, 5) is 11.7. The number of halogens is 1. The van der Waals surface area contributed by atoms with Gasteiger partial charge in [-0.1, -0.05) is 11.6 Å². The van der Waals surface area contributed by atoms with E-state index in [-0.39, 0.29) is 18.9 Å². The monoisotopic (exact) mass is 378 g/mol. The third kappa shape index (κ3) is 6.54. The number of methoxy groups -OCH3 is 2. The molecule has 0 bridgehead atoms. The van der Waals surface area contributed by atoms with Gasteiger partial charge in [0.15, 0.2) is 0 Å². The lowest BCUT2D eigenvalue weighted by Crippen LogP contribution is -2.32. The van der Waals surface area contributed by atoms with Crippen molar-refractivity contribution in [3.63, 3.8) is 0 Å². The standard InChI is InChI=1S/C15H23ClN2O5S/c1-22-10-8-17-15(19)5-4-9-18(24(3,20)21)12-6-7-14(23-2)13(16)11-12/h6-7,11H,4-5,8-10H2,1-3H3,(H,17,19). The minimum atomic E-state index is -3.49. The van der Waals surface area contributed by atoms with Crippen LogP contribution in [-0.4, -0.2) is 54.5 Å². The molecule has 9 heteroatoms. The second kappa shape index (κ2) is 9.71. The van der Waals surface area contributed by atoms with Gasteiger partial charge in [-0.05, 0) is 24.6 Å². The number of anilines is 1. The number of nitrogens with zero attached hydrogens (tertiary/aromatic N) is 1. The number of amides is 1. The second-order valence-corrected chi connectivity index (χ2v) is 7.41. The van der Waals surface area contributed by atoms with Gasteiger partial charge in [-0.15, -0.1) is 0 Å². The number of sulfonamides is 1. The van der Waals surface area contributed by atoms with Crippen molar-refractivity contribution < 1.29 is 22.7 Å². The minimum Gasteiger partial charge on any atom is -0.495 e. The lowest BCUT2D eigenvalue weighted by atomic mass is 10.2. The highest BCUT2D eigenvalue weighted by atomic mass is 35.5. The maximum Gasteiger partial charge on any atom is 0.232 e. The zero-order chi connectivity index (χ0) is 18.2. The van der Waals surface area contributed by atoms with Gasteiger partial charge in [-0.2, -0.15) is 0 Å². The largest absolute Gasteiger partial charge is 0.495 e. The fourth-order valence-corrected chi connectivity index (χ4v) is 3.27. The zero-order valence-electron chi connectivity index (χ0n) is 14.0. The molecule has 0 unspecified atom stereocenters. The summed E-state index contributed by atoms with van der Waals surface area (Å²) in [6, 6.07) is 4.75. The van der Waals surface area contributed by atoms with Crippen LogP contribution in [-0.2, 0) is 19.6 Å². The Hall–Kier alpha value is -1.51. The molecule has 0 saturated heterocycles. The summed E-state index contributed by atoms with van der Waals surface area (Å²) >= 11 is 6.06. The highest BCUT2D eigenvalue weighted by Gasteiger charge is 2.18. The molecule has 136 valence electrons. The Bertz CT molecular complexity index is 651. The summed E-state index contributed by atoms with van der Waals surface area (Å²) in [5.41, 5.74) is 0.433. The fraction of sp³-hybridized carbons (Fsp3) is 0.533. The third-order valence-electron chi connectivity index (χ3n) is 3.22. The predicted molar refractivity (Wildman–Crippen MR) is 94.3 cm³/mol. The van der Waals surface area contributed by atoms with Crippen molar-refractivity contribution in [2.24, 2.45) is 0 Å². The molecule has 1 rings (SSSR count). The topological polar surface area (TPSA) is 84.9 Å². The van der Waals surface area contributed by atoms with Crippen LogP contribution in [0.1, 0.15) is 12.8 Å². The Kier molecular flexibility index (Phi) is 8.30. The molecule has 0 spiro atoms. The molecule has 0 aromatic heterocycles. The van der Waals surface area contributed by atoms with Crippen LogP contribution >= 0.6 is 11.6 Å². The molecular formula is C15H23ClN2O5S. The Morgan fingerprint density at radius 1 is 1.33 bits per heavy atom. The smallest absolute Gasteiger partial charge is 0.232 e. The van der Waals surface area contributed by atoms with E-state index in [1.54, 1.807) is 19.2 Å². The van der Waals surface area contributed by atoms with Crippen LogP contribution in [0.25, 0.3) is 0 Å². The molecule has 1 N–H and O–H groups in total. The fourth-order valence-electron chi connectivity index (χ4n) is 2.06. The average Bonchev–Trinajstić information content (AvgIpc) is 2.50. The number of carbonyl (C=O) groups is 1. The van der Waals surface area contributed by atoms with Crippen molar-refractivity contribution >= 4 is 33.2 Å². The van der Waals surface area contributed by atoms with E-state index < -0.39 is 10.0 Å². The van der Waals surface area contributed by atoms with E-state index >= 15 is 0 Å². The van der Waals surface area contributed by atoms with Gasteiger partial charge < -0.3 is 14.8 Å². The zero-order valence-corrected chi connectivity index (χ0v) is 15.6. The number of nitrogens with one attached hydrogen (secondary N) is 1. The van der Waals surface area contributed by atoms with Gasteiger partial charge in [-0.25, -0.2) is 8.42 Å². The lowest BCUT2D eigenvalue weighted by molar-refractivity contribution is -0.121. The van der Waals surface area contributed by atoms with Crippen molar-refractivity contribution in [2.45, 2.75) is 12.8 Å². The van der Waals surface area contributed by atoms with E-state index in [4.69, 9.17) is 21.1 Å². The van der Waals surface area contributed by atoms with Crippen molar-refractivity contribution in [1.82, 2.24) is 5.32 Å². The van der Waals surface area contributed by atoms with Crippen LogP contribution in [0, 0.1) is 0 Å². The van der Waals surface area contributed by atoms with E-state index in [1.165, 1.54) is 17.5 Å². The molecule has 0 aliphatic carbocycles. The van der Waals surface area contributed by atoms with E-state index in [1.807, 2.05) is 0 Å². The highest BCUT2D eigenvalue weighted by molar-refractivity contribution is 7.92. The Balaban J connectivity index is 2.71. The van der Waals surface area contributed by atoms with Gasteiger partial charge in [0, 0.05) is 26.6 Å². The molecule has 1 amide bonds. The molecule has 0 aliphatic heterocycles. The molecular weight excluding hydrogens is 356 g/mol. The van der Waals surface area contributed by atoms with E-state index in [2.05, 4.69) is 5.32 Å². The summed E-state index contributed by atoms with van der Waals surface area (Å²) in [7, 11) is -0.456.